The molecule has 0 rings (SSSR count). The Bertz CT molecular complexity index is 233. The molecule has 16 heavy (non-hydrogen) atoms. The number of amides is 1. The van der Waals surface area contributed by atoms with E-state index in [0.717, 1.165) is 6.42 Å². The van der Waals surface area contributed by atoms with E-state index in [1.807, 2.05) is 6.92 Å². The molecule has 0 aromatic rings. The number of aliphatic carboxylic acids is 1. The molecule has 0 bridgehead atoms. The first-order valence-electron chi connectivity index (χ1n) is 5.40. The Morgan fingerprint density at radius 2 is 2.00 bits per heavy atom. The number of carboxylic acid groups (broad SMARTS) is 1. The Balaban J connectivity index is 4.31. The van der Waals surface area contributed by atoms with Crippen molar-refractivity contribution in [3.8, 4) is 0 Å². The number of carboxylic acids is 1. The van der Waals surface area contributed by atoms with Crippen molar-refractivity contribution in [2.75, 3.05) is 13.2 Å². The van der Waals surface area contributed by atoms with E-state index in [1.54, 1.807) is 0 Å². The molecule has 0 aromatic carbocycles. The Morgan fingerprint density at radius 1 is 1.38 bits per heavy atom. The maximum Gasteiger partial charge on any atom is 0.326 e. The molecule has 94 valence electrons. The summed E-state index contributed by atoms with van der Waals surface area (Å²) >= 11 is 0. The van der Waals surface area contributed by atoms with Crippen LogP contribution >= 0.6 is 0 Å². The fraction of sp³-hybridized carbons (Fsp3) is 0.800. The number of carbonyl (C=O) groups is 2. The molecule has 0 spiro atoms. The van der Waals surface area contributed by atoms with E-state index in [1.165, 1.54) is 0 Å². The van der Waals surface area contributed by atoms with Gasteiger partial charge in [0.05, 0.1) is 5.92 Å². The van der Waals surface area contributed by atoms with Crippen LogP contribution in [0, 0.1) is 5.92 Å². The number of rotatable bonds is 8. The van der Waals surface area contributed by atoms with E-state index in [-0.39, 0.29) is 31.4 Å². The molecule has 6 heteroatoms. The second kappa shape index (κ2) is 8.06. The van der Waals surface area contributed by atoms with Crippen LogP contribution in [0.3, 0.4) is 0 Å². The Labute approximate surface area is 94.8 Å². The average molecular weight is 232 g/mol. The summed E-state index contributed by atoms with van der Waals surface area (Å²) < 4.78 is 0. The smallest absolute Gasteiger partial charge is 0.326 e. The van der Waals surface area contributed by atoms with Crippen molar-refractivity contribution in [1.82, 2.24) is 5.32 Å². The summed E-state index contributed by atoms with van der Waals surface area (Å²) in [5, 5.41) is 19.8. The average Bonchev–Trinajstić information content (AvgIpc) is 2.24. The summed E-state index contributed by atoms with van der Waals surface area (Å²) in [6, 6.07) is -1.04. The lowest BCUT2D eigenvalue weighted by Crippen LogP contribution is -2.45. The van der Waals surface area contributed by atoms with E-state index < -0.39 is 12.0 Å². The lowest BCUT2D eigenvalue weighted by Gasteiger charge is -2.18. The number of aliphatic hydroxyl groups is 1. The van der Waals surface area contributed by atoms with E-state index >= 15 is 0 Å². The highest BCUT2D eigenvalue weighted by Crippen LogP contribution is 2.05. The monoisotopic (exact) mass is 232 g/mol. The molecule has 2 unspecified atom stereocenters. The highest BCUT2D eigenvalue weighted by Gasteiger charge is 2.23. The van der Waals surface area contributed by atoms with Crippen LogP contribution < -0.4 is 11.1 Å². The van der Waals surface area contributed by atoms with E-state index in [0.29, 0.717) is 6.42 Å². The predicted molar refractivity (Wildman–Crippen MR) is 58.7 cm³/mol. The number of nitrogens with two attached hydrogens (primary N) is 1. The molecule has 2 atom stereocenters. The van der Waals surface area contributed by atoms with Gasteiger partial charge in [0.2, 0.25) is 5.91 Å². The van der Waals surface area contributed by atoms with Crippen LogP contribution in [0.2, 0.25) is 0 Å². The first kappa shape index (κ1) is 14.9. The van der Waals surface area contributed by atoms with Crippen molar-refractivity contribution >= 4 is 11.9 Å². The summed E-state index contributed by atoms with van der Waals surface area (Å²) in [7, 11) is 0. The van der Waals surface area contributed by atoms with Gasteiger partial charge in [0, 0.05) is 19.6 Å². The molecular formula is C10H20N2O4. The molecule has 0 radical (unpaired) electrons. The number of hydrogen-bond donors (Lipinski definition) is 4. The van der Waals surface area contributed by atoms with Gasteiger partial charge in [0.1, 0.15) is 6.04 Å². The SMILES string of the molecule is CCCC(CN)C(=O)NC(CCO)C(=O)O. The minimum atomic E-state index is -1.14. The molecule has 0 heterocycles. The first-order chi connectivity index (χ1) is 7.56. The fourth-order valence-electron chi connectivity index (χ4n) is 1.38. The highest BCUT2D eigenvalue weighted by atomic mass is 16.4. The Morgan fingerprint density at radius 3 is 2.38 bits per heavy atom. The second-order valence-electron chi connectivity index (χ2n) is 3.63. The molecule has 0 fully saturated rings. The molecule has 5 N–H and O–H groups in total. The van der Waals surface area contributed by atoms with Gasteiger partial charge in [0.25, 0.3) is 0 Å². The molecule has 1 amide bonds. The minimum Gasteiger partial charge on any atom is -0.480 e. The largest absolute Gasteiger partial charge is 0.480 e. The molecular weight excluding hydrogens is 212 g/mol. The molecule has 0 aliphatic heterocycles. The number of nitrogens with one attached hydrogen (secondary N) is 1. The van der Waals surface area contributed by atoms with Gasteiger partial charge in [-0.25, -0.2) is 4.79 Å². The quantitative estimate of drug-likeness (QED) is 0.442. The highest BCUT2D eigenvalue weighted by molar-refractivity contribution is 5.85. The molecule has 0 saturated heterocycles. The third-order valence-corrected chi connectivity index (χ3v) is 2.32. The summed E-state index contributed by atoms with van der Waals surface area (Å²) in [5.41, 5.74) is 5.43. The third kappa shape index (κ3) is 5.09. The topological polar surface area (TPSA) is 113 Å². The summed E-state index contributed by atoms with van der Waals surface area (Å²) in [6.45, 7) is 1.85. The normalized spacial score (nSPS) is 14.2. The van der Waals surface area contributed by atoms with Crippen molar-refractivity contribution < 1.29 is 19.8 Å². The van der Waals surface area contributed by atoms with Gasteiger partial charge in [-0.1, -0.05) is 13.3 Å². The van der Waals surface area contributed by atoms with Crippen molar-refractivity contribution in [1.29, 1.82) is 0 Å². The van der Waals surface area contributed by atoms with Crippen LogP contribution in [-0.4, -0.2) is 41.3 Å². The lowest BCUT2D eigenvalue weighted by atomic mass is 10.0. The summed E-state index contributed by atoms with van der Waals surface area (Å²) in [6.07, 6.45) is 1.45. The van der Waals surface area contributed by atoms with Crippen LogP contribution in [0.25, 0.3) is 0 Å². The zero-order chi connectivity index (χ0) is 12.6. The van der Waals surface area contributed by atoms with Crippen molar-refractivity contribution in [2.24, 2.45) is 11.7 Å². The lowest BCUT2D eigenvalue weighted by molar-refractivity contribution is -0.142. The van der Waals surface area contributed by atoms with Crippen LogP contribution in [0.4, 0.5) is 0 Å². The van der Waals surface area contributed by atoms with E-state index in [2.05, 4.69) is 5.32 Å². The fourth-order valence-corrected chi connectivity index (χ4v) is 1.38. The molecule has 0 aliphatic carbocycles. The van der Waals surface area contributed by atoms with E-state index in [4.69, 9.17) is 15.9 Å². The van der Waals surface area contributed by atoms with Gasteiger partial charge in [-0.2, -0.15) is 0 Å². The minimum absolute atomic E-state index is 0.00445. The van der Waals surface area contributed by atoms with Crippen molar-refractivity contribution in [3.63, 3.8) is 0 Å². The summed E-state index contributed by atoms with van der Waals surface area (Å²) in [4.78, 5) is 22.4. The molecule has 0 saturated carbocycles. The van der Waals surface area contributed by atoms with Crippen LogP contribution in [0.1, 0.15) is 26.2 Å². The first-order valence-corrected chi connectivity index (χ1v) is 5.40. The van der Waals surface area contributed by atoms with Crippen molar-refractivity contribution in [2.45, 2.75) is 32.2 Å². The number of carbonyl (C=O) groups excluding carboxylic acids is 1. The van der Waals surface area contributed by atoms with Gasteiger partial charge in [-0.05, 0) is 6.42 Å². The molecule has 0 aromatic heterocycles. The maximum absolute atomic E-state index is 11.6. The van der Waals surface area contributed by atoms with Gasteiger partial charge >= 0.3 is 5.97 Å². The van der Waals surface area contributed by atoms with Crippen LogP contribution in [0.15, 0.2) is 0 Å². The standard InChI is InChI=1S/C10H20N2O4/c1-2-3-7(6-11)9(14)12-8(4-5-13)10(15)16/h7-8,13H,2-6,11H2,1H3,(H,12,14)(H,15,16). The molecule has 6 nitrogen and oxygen atoms in total. The van der Waals surface area contributed by atoms with E-state index in [9.17, 15) is 9.59 Å². The maximum atomic E-state index is 11.6. The Hall–Kier alpha value is -1.14. The van der Waals surface area contributed by atoms with Crippen molar-refractivity contribution in [3.05, 3.63) is 0 Å². The zero-order valence-electron chi connectivity index (χ0n) is 9.48. The van der Waals surface area contributed by atoms with Gasteiger partial charge in [0.15, 0.2) is 0 Å². The predicted octanol–water partition coefficient (Wildman–Crippen LogP) is -0.687. The molecule has 0 aliphatic rings. The van der Waals surface area contributed by atoms with Gasteiger partial charge in [-0.15, -0.1) is 0 Å². The number of hydrogen-bond acceptors (Lipinski definition) is 4. The summed E-state index contributed by atoms with van der Waals surface area (Å²) in [5.74, 6) is -1.86. The Kier molecular flexibility index (Phi) is 7.49. The second-order valence-corrected chi connectivity index (χ2v) is 3.63. The number of aliphatic hydroxyl groups excluding tert-OH is 1. The van der Waals surface area contributed by atoms with Crippen LogP contribution in [0.5, 0.6) is 0 Å². The zero-order valence-corrected chi connectivity index (χ0v) is 9.48. The van der Waals surface area contributed by atoms with Crippen LogP contribution in [-0.2, 0) is 9.59 Å². The third-order valence-electron chi connectivity index (χ3n) is 2.32. The van der Waals surface area contributed by atoms with Gasteiger partial charge in [-0.3, -0.25) is 4.79 Å². The van der Waals surface area contributed by atoms with Gasteiger partial charge < -0.3 is 21.3 Å².